The first-order valence-electron chi connectivity index (χ1n) is 4.47. The van der Waals surface area contributed by atoms with Crippen LogP contribution in [0.15, 0.2) is 23.1 Å². The lowest BCUT2D eigenvalue weighted by Crippen LogP contribution is -1.99. The van der Waals surface area contributed by atoms with Gasteiger partial charge in [0.1, 0.15) is 21.9 Å². The maximum absolute atomic E-state index is 8.85. The van der Waals surface area contributed by atoms with Gasteiger partial charge in [0.15, 0.2) is 5.82 Å². The van der Waals surface area contributed by atoms with E-state index in [0.717, 1.165) is 0 Å². The van der Waals surface area contributed by atoms with Crippen molar-refractivity contribution in [3.8, 4) is 17.6 Å². The van der Waals surface area contributed by atoms with Gasteiger partial charge in [0.2, 0.25) is 0 Å². The molecule has 2 aromatic rings. The van der Waals surface area contributed by atoms with Gasteiger partial charge in [0.25, 0.3) is 0 Å². The Morgan fingerprint density at radius 3 is 2.81 bits per heavy atom. The molecule has 2 rings (SSSR count). The van der Waals surface area contributed by atoms with Crippen LogP contribution in [0.5, 0.6) is 0 Å². The van der Waals surface area contributed by atoms with E-state index in [1.165, 1.54) is 0 Å². The summed E-state index contributed by atoms with van der Waals surface area (Å²) >= 11 is 3.22. The lowest BCUT2D eigenvalue weighted by Gasteiger charge is -2.05. The third-order valence-electron chi connectivity index (χ3n) is 2.17. The van der Waals surface area contributed by atoms with Crippen molar-refractivity contribution in [3.05, 3.63) is 28.6 Å². The van der Waals surface area contributed by atoms with E-state index in [1.54, 1.807) is 12.3 Å². The lowest BCUT2D eigenvalue weighted by atomic mass is 10.2. The van der Waals surface area contributed by atoms with E-state index in [4.69, 9.17) is 11.0 Å². The molecule has 0 unspecified atom stereocenters. The van der Waals surface area contributed by atoms with E-state index >= 15 is 0 Å². The zero-order chi connectivity index (χ0) is 11.7. The fraction of sp³-hybridized carbons (Fsp3) is 0.100. The molecular weight excluding hydrogens is 270 g/mol. The average Bonchev–Trinajstić information content (AvgIpc) is 2.64. The number of aryl methyl sites for hydroxylation is 1. The van der Waals surface area contributed by atoms with Crippen LogP contribution in [0.4, 0.5) is 5.69 Å². The second-order valence-electron chi connectivity index (χ2n) is 3.24. The summed E-state index contributed by atoms with van der Waals surface area (Å²) in [5.74, 6) is 0.705. The summed E-state index contributed by atoms with van der Waals surface area (Å²) in [4.78, 5) is 8.40. The summed E-state index contributed by atoms with van der Waals surface area (Å²) in [6, 6.07) is 3.63. The smallest absolute Gasteiger partial charge is 0.158 e. The highest BCUT2D eigenvalue weighted by Gasteiger charge is 2.11. The van der Waals surface area contributed by atoms with Crippen molar-refractivity contribution in [1.82, 2.24) is 14.5 Å². The number of nitrogen functional groups attached to an aromatic ring is 1. The topological polar surface area (TPSA) is 80.5 Å². The van der Waals surface area contributed by atoms with Crippen LogP contribution in [0.3, 0.4) is 0 Å². The molecule has 2 aromatic heterocycles. The summed E-state index contributed by atoms with van der Waals surface area (Å²) in [5, 5.41) is 8.85. The number of nitrogens with zero attached hydrogens (tertiary/aromatic N) is 4. The monoisotopic (exact) mass is 277 g/mol. The first kappa shape index (κ1) is 10.6. The van der Waals surface area contributed by atoms with E-state index in [2.05, 4.69) is 25.9 Å². The zero-order valence-corrected chi connectivity index (χ0v) is 10.1. The maximum atomic E-state index is 8.85. The Kier molecular flexibility index (Phi) is 2.62. The molecule has 0 saturated carbocycles. The zero-order valence-electron chi connectivity index (χ0n) is 8.48. The van der Waals surface area contributed by atoms with Crippen molar-refractivity contribution in [3.63, 3.8) is 0 Å². The van der Waals surface area contributed by atoms with Crippen molar-refractivity contribution in [2.45, 2.75) is 0 Å². The SMILES string of the molecule is Cn1ccnc1-c1cc(N)c(C#N)c(Br)n1. The Balaban J connectivity index is 2.62. The molecule has 0 aliphatic heterocycles. The van der Waals surface area contributed by atoms with Gasteiger partial charge in [-0.25, -0.2) is 9.97 Å². The summed E-state index contributed by atoms with van der Waals surface area (Å²) in [6.45, 7) is 0. The number of nitriles is 1. The minimum absolute atomic E-state index is 0.345. The second kappa shape index (κ2) is 3.94. The highest BCUT2D eigenvalue weighted by atomic mass is 79.9. The summed E-state index contributed by atoms with van der Waals surface area (Å²) in [7, 11) is 1.87. The molecule has 80 valence electrons. The number of aromatic nitrogens is 3. The van der Waals surface area contributed by atoms with Gasteiger partial charge >= 0.3 is 0 Å². The molecule has 16 heavy (non-hydrogen) atoms. The first-order chi connectivity index (χ1) is 7.63. The minimum Gasteiger partial charge on any atom is -0.398 e. The van der Waals surface area contributed by atoms with Crippen LogP contribution in [-0.4, -0.2) is 14.5 Å². The van der Waals surface area contributed by atoms with Crippen LogP contribution in [0, 0.1) is 11.3 Å². The molecular formula is C10H8BrN5. The number of halogens is 1. The van der Waals surface area contributed by atoms with Gasteiger partial charge in [-0.15, -0.1) is 0 Å². The van der Waals surface area contributed by atoms with Gasteiger partial charge in [-0.2, -0.15) is 5.26 Å². The standard InChI is InChI=1S/C10H8BrN5/c1-16-3-2-14-10(16)8-4-7(13)6(5-12)9(11)15-8/h2-4H,1H3,(H2,13,15). The molecule has 0 radical (unpaired) electrons. The average molecular weight is 278 g/mol. The predicted octanol–water partition coefficient (Wildman–Crippen LogP) is 1.70. The van der Waals surface area contributed by atoms with Crippen LogP contribution >= 0.6 is 15.9 Å². The molecule has 6 heteroatoms. The van der Waals surface area contributed by atoms with Gasteiger partial charge in [0.05, 0.1) is 5.69 Å². The van der Waals surface area contributed by atoms with Crippen LogP contribution in [0.1, 0.15) is 5.56 Å². The molecule has 0 aliphatic rings. The highest BCUT2D eigenvalue weighted by Crippen LogP contribution is 2.25. The van der Waals surface area contributed by atoms with Crippen molar-refractivity contribution >= 4 is 21.6 Å². The van der Waals surface area contributed by atoms with Gasteiger partial charge in [-0.05, 0) is 22.0 Å². The molecule has 0 aliphatic carbocycles. The molecule has 0 amide bonds. The Hall–Kier alpha value is -1.87. The van der Waals surface area contributed by atoms with Crippen LogP contribution in [-0.2, 0) is 7.05 Å². The highest BCUT2D eigenvalue weighted by molar-refractivity contribution is 9.10. The van der Waals surface area contributed by atoms with Crippen molar-refractivity contribution in [1.29, 1.82) is 5.26 Å². The number of pyridine rings is 1. The number of nitrogens with two attached hydrogens (primary N) is 1. The predicted molar refractivity (Wildman–Crippen MR) is 63.3 cm³/mol. The molecule has 0 bridgehead atoms. The lowest BCUT2D eigenvalue weighted by molar-refractivity contribution is 0.916. The first-order valence-corrected chi connectivity index (χ1v) is 5.26. The number of anilines is 1. The summed E-state index contributed by atoms with van der Waals surface area (Å²) in [5.41, 5.74) is 7.13. The number of rotatable bonds is 1. The van der Waals surface area contributed by atoms with Gasteiger partial charge in [-0.1, -0.05) is 0 Å². The molecule has 2 N–H and O–H groups in total. The molecule has 5 nitrogen and oxygen atoms in total. The number of hydrogen-bond acceptors (Lipinski definition) is 4. The fourth-order valence-electron chi connectivity index (χ4n) is 1.37. The molecule has 2 heterocycles. The van der Waals surface area contributed by atoms with Crippen molar-refractivity contribution in [2.75, 3.05) is 5.73 Å². The molecule has 0 spiro atoms. The van der Waals surface area contributed by atoms with E-state index in [-0.39, 0.29) is 0 Å². The Labute approximate surface area is 101 Å². The van der Waals surface area contributed by atoms with E-state index in [0.29, 0.717) is 27.4 Å². The van der Waals surface area contributed by atoms with E-state index in [1.807, 2.05) is 23.9 Å². The van der Waals surface area contributed by atoms with E-state index < -0.39 is 0 Å². The maximum Gasteiger partial charge on any atom is 0.158 e. The molecule has 0 fully saturated rings. The largest absolute Gasteiger partial charge is 0.398 e. The van der Waals surface area contributed by atoms with Gasteiger partial charge in [-0.3, -0.25) is 0 Å². The summed E-state index contributed by atoms with van der Waals surface area (Å²) in [6.07, 6.45) is 3.50. The summed E-state index contributed by atoms with van der Waals surface area (Å²) < 4.78 is 2.27. The third-order valence-corrected chi connectivity index (χ3v) is 2.74. The normalized spacial score (nSPS) is 10.1. The molecule has 0 saturated heterocycles. The Bertz CT molecular complexity index is 558. The van der Waals surface area contributed by atoms with Crippen molar-refractivity contribution in [2.24, 2.45) is 7.05 Å². The quantitative estimate of drug-likeness (QED) is 0.805. The van der Waals surface area contributed by atoms with Gasteiger partial charge in [0, 0.05) is 19.4 Å². The van der Waals surface area contributed by atoms with Crippen molar-refractivity contribution < 1.29 is 0 Å². The van der Waals surface area contributed by atoms with Gasteiger partial charge < -0.3 is 10.3 Å². The fourth-order valence-corrected chi connectivity index (χ4v) is 1.88. The Morgan fingerprint density at radius 1 is 1.56 bits per heavy atom. The minimum atomic E-state index is 0.345. The third kappa shape index (κ3) is 1.66. The van der Waals surface area contributed by atoms with Crippen LogP contribution in [0.2, 0.25) is 0 Å². The molecule has 0 aromatic carbocycles. The second-order valence-corrected chi connectivity index (χ2v) is 3.99. The number of hydrogen-bond donors (Lipinski definition) is 1. The van der Waals surface area contributed by atoms with Crippen LogP contribution in [0.25, 0.3) is 11.5 Å². The Morgan fingerprint density at radius 2 is 2.31 bits per heavy atom. The number of imidazole rings is 1. The molecule has 0 atom stereocenters. The van der Waals surface area contributed by atoms with Crippen LogP contribution < -0.4 is 5.73 Å². The van der Waals surface area contributed by atoms with E-state index in [9.17, 15) is 0 Å².